The van der Waals surface area contributed by atoms with Gasteiger partial charge in [-0.05, 0) is 13.0 Å². The van der Waals surface area contributed by atoms with E-state index in [1.807, 2.05) is 6.92 Å². The molecule has 0 saturated heterocycles. The van der Waals surface area contributed by atoms with Crippen molar-refractivity contribution < 1.29 is 9.47 Å². The standard InChI is InChI=1S/C10H13Cl2NO2/c1-2-14-5-6-15-10-4-3-8(12)9(7-11)13-10/h3-4H,2,5-7H2,1H3. The molecule has 0 fully saturated rings. The SMILES string of the molecule is CCOCCOc1ccc(Cl)c(CCl)n1. The minimum Gasteiger partial charge on any atom is -0.475 e. The Morgan fingerprint density at radius 3 is 2.80 bits per heavy atom. The van der Waals surface area contributed by atoms with E-state index in [4.69, 9.17) is 32.7 Å². The lowest BCUT2D eigenvalue weighted by molar-refractivity contribution is 0.108. The molecule has 0 atom stereocenters. The summed E-state index contributed by atoms with van der Waals surface area (Å²) in [5, 5.41) is 0.558. The van der Waals surface area contributed by atoms with Crippen molar-refractivity contribution >= 4 is 23.2 Å². The van der Waals surface area contributed by atoms with Crippen molar-refractivity contribution in [2.75, 3.05) is 19.8 Å². The minimum atomic E-state index is 0.279. The zero-order valence-electron chi connectivity index (χ0n) is 8.50. The fourth-order valence-electron chi connectivity index (χ4n) is 0.988. The number of hydrogen-bond acceptors (Lipinski definition) is 3. The summed E-state index contributed by atoms with van der Waals surface area (Å²) in [5.41, 5.74) is 0.632. The van der Waals surface area contributed by atoms with Crippen LogP contribution in [0.2, 0.25) is 5.02 Å². The second-order valence-corrected chi connectivity index (χ2v) is 3.43. The van der Waals surface area contributed by atoms with E-state index in [1.54, 1.807) is 12.1 Å². The Morgan fingerprint density at radius 1 is 1.33 bits per heavy atom. The highest BCUT2D eigenvalue weighted by Gasteiger charge is 2.03. The Morgan fingerprint density at radius 2 is 2.13 bits per heavy atom. The van der Waals surface area contributed by atoms with Crippen molar-refractivity contribution in [1.82, 2.24) is 4.98 Å². The van der Waals surface area contributed by atoms with Gasteiger partial charge in [0.15, 0.2) is 0 Å². The summed E-state index contributed by atoms with van der Waals surface area (Å²) in [4.78, 5) is 4.15. The number of halogens is 2. The Hall–Kier alpha value is -0.510. The monoisotopic (exact) mass is 249 g/mol. The molecule has 15 heavy (non-hydrogen) atoms. The predicted octanol–water partition coefficient (Wildman–Crippen LogP) is 2.89. The average molecular weight is 250 g/mol. The van der Waals surface area contributed by atoms with E-state index in [0.717, 1.165) is 0 Å². The van der Waals surface area contributed by atoms with Crippen LogP contribution in [0, 0.1) is 0 Å². The van der Waals surface area contributed by atoms with E-state index in [1.165, 1.54) is 0 Å². The molecule has 1 aromatic heterocycles. The summed E-state index contributed by atoms with van der Waals surface area (Å²) in [5.74, 6) is 0.802. The number of rotatable bonds is 6. The Bertz CT molecular complexity index is 307. The van der Waals surface area contributed by atoms with Crippen LogP contribution in [-0.4, -0.2) is 24.8 Å². The summed E-state index contributed by atoms with van der Waals surface area (Å²) in [6.45, 7) is 3.65. The molecular formula is C10H13Cl2NO2. The van der Waals surface area contributed by atoms with Crippen molar-refractivity contribution in [3.8, 4) is 5.88 Å². The summed E-state index contributed by atoms with van der Waals surface area (Å²) in [7, 11) is 0. The predicted molar refractivity (Wildman–Crippen MR) is 60.8 cm³/mol. The molecule has 1 heterocycles. The minimum absolute atomic E-state index is 0.279. The second-order valence-electron chi connectivity index (χ2n) is 2.76. The van der Waals surface area contributed by atoms with E-state index in [0.29, 0.717) is 36.4 Å². The molecule has 0 radical (unpaired) electrons. The van der Waals surface area contributed by atoms with Gasteiger partial charge in [-0.1, -0.05) is 11.6 Å². The van der Waals surface area contributed by atoms with E-state index >= 15 is 0 Å². The van der Waals surface area contributed by atoms with Crippen LogP contribution >= 0.6 is 23.2 Å². The van der Waals surface area contributed by atoms with Gasteiger partial charge in [0.2, 0.25) is 5.88 Å². The molecule has 0 aliphatic carbocycles. The molecule has 0 aliphatic heterocycles. The Kier molecular flexibility index (Phi) is 5.76. The van der Waals surface area contributed by atoms with Crippen LogP contribution in [0.4, 0.5) is 0 Å². The van der Waals surface area contributed by atoms with Gasteiger partial charge in [0, 0.05) is 12.7 Å². The molecule has 3 nitrogen and oxygen atoms in total. The number of nitrogens with zero attached hydrogens (tertiary/aromatic N) is 1. The lowest BCUT2D eigenvalue weighted by Crippen LogP contribution is -2.07. The van der Waals surface area contributed by atoms with Crippen LogP contribution in [0.25, 0.3) is 0 Å². The van der Waals surface area contributed by atoms with Crippen LogP contribution in [0.5, 0.6) is 5.88 Å². The molecule has 0 N–H and O–H groups in total. The van der Waals surface area contributed by atoms with Crippen molar-refractivity contribution in [2.24, 2.45) is 0 Å². The topological polar surface area (TPSA) is 31.4 Å². The number of hydrogen-bond donors (Lipinski definition) is 0. The van der Waals surface area contributed by atoms with Crippen LogP contribution in [0.15, 0.2) is 12.1 Å². The van der Waals surface area contributed by atoms with Gasteiger partial charge in [-0.3, -0.25) is 0 Å². The van der Waals surface area contributed by atoms with Crippen molar-refractivity contribution in [2.45, 2.75) is 12.8 Å². The Balaban J connectivity index is 2.47. The smallest absolute Gasteiger partial charge is 0.213 e. The average Bonchev–Trinajstić information content (AvgIpc) is 2.26. The lowest BCUT2D eigenvalue weighted by Gasteiger charge is -2.06. The first-order valence-electron chi connectivity index (χ1n) is 4.69. The molecule has 0 aliphatic rings. The van der Waals surface area contributed by atoms with E-state index in [2.05, 4.69) is 4.98 Å². The molecule has 0 amide bonds. The zero-order chi connectivity index (χ0) is 11.1. The first-order chi connectivity index (χ1) is 7.27. The third-order valence-electron chi connectivity index (χ3n) is 1.70. The van der Waals surface area contributed by atoms with E-state index in [9.17, 15) is 0 Å². The highest BCUT2D eigenvalue weighted by Crippen LogP contribution is 2.19. The summed E-state index contributed by atoms with van der Waals surface area (Å²) in [6.07, 6.45) is 0. The van der Waals surface area contributed by atoms with Crippen molar-refractivity contribution in [3.05, 3.63) is 22.8 Å². The van der Waals surface area contributed by atoms with Crippen LogP contribution in [0.3, 0.4) is 0 Å². The third kappa shape index (κ3) is 4.24. The van der Waals surface area contributed by atoms with Crippen LogP contribution < -0.4 is 4.74 Å². The zero-order valence-corrected chi connectivity index (χ0v) is 10.0. The molecule has 1 rings (SSSR count). The number of aromatic nitrogens is 1. The molecule has 0 saturated carbocycles. The number of pyridine rings is 1. The number of ether oxygens (including phenoxy) is 2. The number of alkyl halides is 1. The fourth-order valence-corrected chi connectivity index (χ4v) is 1.43. The Labute approximate surface area is 99.3 Å². The quantitative estimate of drug-likeness (QED) is 0.574. The van der Waals surface area contributed by atoms with Crippen molar-refractivity contribution in [3.63, 3.8) is 0 Å². The van der Waals surface area contributed by atoms with Gasteiger partial charge in [-0.15, -0.1) is 11.6 Å². The fraction of sp³-hybridized carbons (Fsp3) is 0.500. The van der Waals surface area contributed by atoms with Gasteiger partial charge in [-0.25, -0.2) is 4.98 Å². The highest BCUT2D eigenvalue weighted by atomic mass is 35.5. The summed E-state index contributed by atoms with van der Waals surface area (Å²) >= 11 is 11.5. The molecule has 0 unspecified atom stereocenters. The maximum Gasteiger partial charge on any atom is 0.213 e. The molecular weight excluding hydrogens is 237 g/mol. The third-order valence-corrected chi connectivity index (χ3v) is 2.30. The largest absolute Gasteiger partial charge is 0.475 e. The normalized spacial score (nSPS) is 10.3. The first-order valence-corrected chi connectivity index (χ1v) is 5.61. The molecule has 0 bridgehead atoms. The summed E-state index contributed by atoms with van der Waals surface area (Å²) in [6, 6.07) is 3.44. The highest BCUT2D eigenvalue weighted by molar-refractivity contribution is 6.32. The van der Waals surface area contributed by atoms with Gasteiger partial charge in [-0.2, -0.15) is 0 Å². The van der Waals surface area contributed by atoms with Crippen LogP contribution in [-0.2, 0) is 10.6 Å². The van der Waals surface area contributed by atoms with Gasteiger partial charge in [0.05, 0.1) is 23.2 Å². The van der Waals surface area contributed by atoms with Gasteiger partial charge in [0.25, 0.3) is 0 Å². The lowest BCUT2D eigenvalue weighted by atomic mass is 10.4. The summed E-state index contributed by atoms with van der Waals surface area (Å²) < 4.78 is 10.5. The molecule has 5 heteroatoms. The molecule has 0 aromatic carbocycles. The van der Waals surface area contributed by atoms with Crippen molar-refractivity contribution in [1.29, 1.82) is 0 Å². The van der Waals surface area contributed by atoms with Gasteiger partial charge >= 0.3 is 0 Å². The molecule has 1 aromatic rings. The maximum absolute atomic E-state index is 5.85. The van der Waals surface area contributed by atoms with Gasteiger partial charge < -0.3 is 9.47 Å². The first kappa shape index (κ1) is 12.6. The second kappa shape index (κ2) is 6.88. The van der Waals surface area contributed by atoms with Crippen LogP contribution in [0.1, 0.15) is 12.6 Å². The molecule has 0 spiro atoms. The van der Waals surface area contributed by atoms with E-state index < -0.39 is 0 Å². The van der Waals surface area contributed by atoms with Gasteiger partial charge in [0.1, 0.15) is 6.61 Å². The molecule has 84 valence electrons. The van der Waals surface area contributed by atoms with E-state index in [-0.39, 0.29) is 5.88 Å². The maximum atomic E-state index is 5.85.